The molecule has 0 radical (unpaired) electrons. The van der Waals surface area contributed by atoms with Gasteiger partial charge < -0.3 is 14.7 Å². The summed E-state index contributed by atoms with van der Waals surface area (Å²) in [5.74, 6) is -0.0832. The van der Waals surface area contributed by atoms with E-state index in [0.717, 1.165) is 11.3 Å². The molecule has 2 aromatic carbocycles. The van der Waals surface area contributed by atoms with Crippen molar-refractivity contribution in [3.63, 3.8) is 0 Å². The normalized spacial score (nSPS) is 18.3. The van der Waals surface area contributed by atoms with Crippen LogP contribution in [0, 0.1) is 6.92 Å². The van der Waals surface area contributed by atoms with Gasteiger partial charge in [0.1, 0.15) is 11.5 Å². The van der Waals surface area contributed by atoms with Crippen LogP contribution in [0.5, 0.6) is 5.75 Å². The highest BCUT2D eigenvalue weighted by Gasteiger charge is 2.51. The van der Waals surface area contributed by atoms with Crippen LogP contribution in [0.4, 0.5) is 5.69 Å². The molecule has 0 bridgehead atoms. The van der Waals surface area contributed by atoms with E-state index in [1.807, 2.05) is 31.2 Å². The van der Waals surface area contributed by atoms with E-state index in [9.17, 15) is 14.7 Å². The van der Waals surface area contributed by atoms with Gasteiger partial charge in [-0.05, 0) is 38.0 Å². The van der Waals surface area contributed by atoms with Gasteiger partial charge in [0.25, 0.3) is 5.91 Å². The van der Waals surface area contributed by atoms with E-state index >= 15 is 0 Å². The summed E-state index contributed by atoms with van der Waals surface area (Å²) in [6, 6.07) is 10.7. The first kappa shape index (κ1) is 20.6. The molecule has 0 saturated carbocycles. The molecule has 0 aliphatic carbocycles. The summed E-state index contributed by atoms with van der Waals surface area (Å²) < 4.78 is 5.78. The third-order valence-electron chi connectivity index (χ3n) is 4.77. The molecule has 1 atom stereocenters. The molecule has 148 valence electrons. The Morgan fingerprint density at radius 3 is 2.61 bits per heavy atom. The van der Waals surface area contributed by atoms with Crippen molar-refractivity contribution in [3.05, 3.63) is 57.6 Å². The number of amides is 1. The number of fused-ring (bicyclic) bond motifs is 1. The van der Waals surface area contributed by atoms with Crippen LogP contribution in [-0.4, -0.2) is 29.9 Å². The fraction of sp³-hybridized carbons (Fsp3) is 0.333. The van der Waals surface area contributed by atoms with E-state index < -0.39 is 11.5 Å². The molecule has 2 aromatic rings. The lowest BCUT2D eigenvalue weighted by atomic mass is 9.90. The second-order valence-corrected chi connectivity index (χ2v) is 7.71. The van der Waals surface area contributed by atoms with Crippen molar-refractivity contribution in [2.24, 2.45) is 0 Å². The quantitative estimate of drug-likeness (QED) is 0.677. The Bertz CT molecular complexity index is 931. The van der Waals surface area contributed by atoms with Gasteiger partial charge in [-0.25, -0.2) is 0 Å². The molecule has 0 saturated heterocycles. The summed E-state index contributed by atoms with van der Waals surface area (Å²) in [6.07, 6.45) is 0.200. The Balaban J connectivity index is 1.80. The van der Waals surface area contributed by atoms with Gasteiger partial charge in [-0.2, -0.15) is 0 Å². The number of carbonyl (C=O) groups is 2. The van der Waals surface area contributed by atoms with Crippen molar-refractivity contribution < 1.29 is 19.4 Å². The number of Topliss-reactive ketones (excluding diaryl/α,β-unsaturated/α-hetero) is 1. The zero-order valence-electron chi connectivity index (χ0n) is 15.7. The zero-order valence-corrected chi connectivity index (χ0v) is 17.2. The number of carbonyl (C=O) groups excluding carboxylic acids is 2. The number of hydrogen-bond donors (Lipinski definition) is 1. The Morgan fingerprint density at radius 1 is 1.21 bits per heavy atom. The maximum absolute atomic E-state index is 13.0. The van der Waals surface area contributed by atoms with Gasteiger partial charge in [0.15, 0.2) is 5.60 Å². The molecular weight excluding hydrogens is 401 g/mol. The summed E-state index contributed by atoms with van der Waals surface area (Å²) in [5.41, 5.74) is -0.233. The molecule has 7 heteroatoms. The monoisotopic (exact) mass is 421 g/mol. The topological polar surface area (TPSA) is 66.8 Å². The third kappa shape index (κ3) is 3.75. The number of ketones is 1. The molecule has 1 heterocycles. The van der Waals surface area contributed by atoms with Crippen molar-refractivity contribution in [2.75, 3.05) is 18.1 Å². The van der Waals surface area contributed by atoms with E-state index in [4.69, 9.17) is 27.9 Å². The van der Waals surface area contributed by atoms with Crippen LogP contribution in [0.15, 0.2) is 36.4 Å². The molecule has 3 rings (SSSR count). The van der Waals surface area contributed by atoms with Crippen LogP contribution in [0.3, 0.4) is 0 Å². The average molecular weight is 422 g/mol. The van der Waals surface area contributed by atoms with Crippen molar-refractivity contribution in [1.82, 2.24) is 0 Å². The van der Waals surface area contributed by atoms with Crippen LogP contribution in [0.25, 0.3) is 0 Å². The van der Waals surface area contributed by atoms with Crippen molar-refractivity contribution in [3.8, 4) is 5.75 Å². The molecule has 1 aliphatic rings. The lowest BCUT2D eigenvalue weighted by Crippen LogP contribution is -2.42. The number of aliphatic hydroxyl groups is 1. The molecule has 5 nitrogen and oxygen atoms in total. The van der Waals surface area contributed by atoms with Crippen LogP contribution in [-0.2, 0) is 15.2 Å². The van der Waals surface area contributed by atoms with Crippen LogP contribution < -0.4 is 9.64 Å². The lowest BCUT2D eigenvalue weighted by molar-refractivity contribution is -0.141. The van der Waals surface area contributed by atoms with Crippen molar-refractivity contribution >= 4 is 40.6 Å². The molecule has 1 unspecified atom stereocenters. The molecule has 1 N–H and O–H groups in total. The number of hydrogen-bond acceptors (Lipinski definition) is 4. The maximum atomic E-state index is 13.0. The number of rotatable bonds is 7. The first-order valence-corrected chi connectivity index (χ1v) is 9.72. The first-order valence-electron chi connectivity index (χ1n) is 8.96. The third-order valence-corrected chi connectivity index (χ3v) is 5.56. The van der Waals surface area contributed by atoms with Gasteiger partial charge in [-0.1, -0.05) is 47.5 Å². The minimum Gasteiger partial charge on any atom is -0.493 e. The summed E-state index contributed by atoms with van der Waals surface area (Å²) in [6.45, 7) is 3.95. The number of anilines is 1. The van der Waals surface area contributed by atoms with Gasteiger partial charge in [0.2, 0.25) is 0 Å². The molecular formula is C21H21Cl2NO4. The second-order valence-electron chi connectivity index (χ2n) is 6.92. The SMILES string of the molecule is CC(=O)CC1(O)C(=O)N(CCCOc2ccccc2C)c2c1ccc(Cl)c2Cl. The largest absolute Gasteiger partial charge is 0.493 e. The van der Waals surface area contributed by atoms with E-state index in [1.54, 1.807) is 6.07 Å². The number of halogens is 2. The van der Waals surface area contributed by atoms with Gasteiger partial charge in [-0.15, -0.1) is 0 Å². The van der Waals surface area contributed by atoms with Gasteiger partial charge in [-0.3, -0.25) is 9.59 Å². The smallest absolute Gasteiger partial charge is 0.264 e. The fourth-order valence-corrected chi connectivity index (χ4v) is 3.86. The minimum atomic E-state index is -1.92. The molecule has 1 amide bonds. The number of benzene rings is 2. The van der Waals surface area contributed by atoms with Crippen LogP contribution in [0.2, 0.25) is 10.0 Å². The van der Waals surface area contributed by atoms with E-state index in [2.05, 4.69) is 0 Å². The highest BCUT2D eigenvalue weighted by Crippen LogP contribution is 2.48. The number of nitrogens with zero attached hydrogens (tertiary/aromatic N) is 1. The number of para-hydroxylation sites is 1. The average Bonchev–Trinajstić information content (AvgIpc) is 2.84. The molecule has 0 fully saturated rings. The van der Waals surface area contributed by atoms with Crippen LogP contribution in [0.1, 0.15) is 30.9 Å². The molecule has 28 heavy (non-hydrogen) atoms. The van der Waals surface area contributed by atoms with Crippen molar-refractivity contribution in [1.29, 1.82) is 0 Å². The van der Waals surface area contributed by atoms with E-state index in [1.165, 1.54) is 17.9 Å². The predicted molar refractivity (Wildman–Crippen MR) is 109 cm³/mol. The molecule has 0 spiro atoms. The van der Waals surface area contributed by atoms with E-state index in [0.29, 0.717) is 24.3 Å². The Kier molecular flexibility index (Phi) is 5.98. The summed E-state index contributed by atoms with van der Waals surface area (Å²) in [7, 11) is 0. The highest BCUT2D eigenvalue weighted by molar-refractivity contribution is 6.44. The minimum absolute atomic E-state index is 0.187. The standard InChI is InChI=1S/C21H21Cl2NO4/c1-13-6-3-4-7-17(13)28-11-5-10-24-19-15(8-9-16(22)18(19)23)21(27,20(24)26)12-14(2)25/h3-4,6-9,27H,5,10-12H2,1-2H3. The Labute approximate surface area is 173 Å². The second kappa shape index (κ2) is 8.11. The van der Waals surface area contributed by atoms with E-state index in [-0.39, 0.29) is 28.8 Å². The van der Waals surface area contributed by atoms with Crippen molar-refractivity contribution in [2.45, 2.75) is 32.3 Å². The van der Waals surface area contributed by atoms with Gasteiger partial charge in [0.05, 0.1) is 22.3 Å². The first-order chi connectivity index (χ1) is 13.3. The Morgan fingerprint density at radius 2 is 1.93 bits per heavy atom. The molecule has 0 aromatic heterocycles. The summed E-state index contributed by atoms with van der Waals surface area (Å²) >= 11 is 12.5. The van der Waals surface area contributed by atoms with Gasteiger partial charge in [0, 0.05) is 18.5 Å². The number of ether oxygens (including phenoxy) is 1. The summed E-state index contributed by atoms with van der Waals surface area (Å²) in [4.78, 5) is 26.0. The van der Waals surface area contributed by atoms with Crippen LogP contribution >= 0.6 is 23.2 Å². The van der Waals surface area contributed by atoms with Gasteiger partial charge >= 0.3 is 0 Å². The predicted octanol–water partition coefficient (Wildman–Crippen LogP) is 4.28. The number of aryl methyl sites for hydroxylation is 1. The maximum Gasteiger partial charge on any atom is 0.264 e. The fourth-order valence-electron chi connectivity index (χ4n) is 3.45. The zero-order chi connectivity index (χ0) is 20.5. The summed E-state index contributed by atoms with van der Waals surface area (Å²) in [5, 5.41) is 11.5. The highest BCUT2D eigenvalue weighted by atomic mass is 35.5. The lowest BCUT2D eigenvalue weighted by Gasteiger charge is -2.22. The Hall–Kier alpha value is -2.08. The molecule has 1 aliphatic heterocycles.